The monoisotopic (exact) mass is 251 g/mol. The van der Waals surface area contributed by atoms with Crippen LogP contribution in [0.4, 0.5) is 0 Å². The van der Waals surface area contributed by atoms with Crippen molar-refractivity contribution in [2.45, 2.75) is 37.0 Å². The minimum Gasteiger partial charge on any atom is -0.329 e. The topological polar surface area (TPSA) is 42.1 Å². The molecule has 0 spiro atoms. The third-order valence-corrected chi connectivity index (χ3v) is 5.37. The molecule has 94 valence electrons. The van der Waals surface area contributed by atoms with Crippen molar-refractivity contribution in [2.75, 3.05) is 26.7 Å². The van der Waals surface area contributed by atoms with Gasteiger partial charge in [0.2, 0.25) is 0 Å². The van der Waals surface area contributed by atoms with E-state index in [-0.39, 0.29) is 5.41 Å². The molecule has 2 fully saturated rings. The largest absolute Gasteiger partial charge is 0.329 e. The summed E-state index contributed by atoms with van der Waals surface area (Å²) in [6.45, 7) is 3.17. The highest BCUT2D eigenvalue weighted by atomic mass is 32.1. The van der Waals surface area contributed by atoms with Gasteiger partial charge in [0.1, 0.15) is 5.01 Å². The van der Waals surface area contributed by atoms with Crippen LogP contribution in [0.3, 0.4) is 0 Å². The van der Waals surface area contributed by atoms with Crippen molar-refractivity contribution in [3.63, 3.8) is 0 Å². The molecule has 3 rings (SSSR count). The molecule has 1 saturated heterocycles. The average Bonchev–Trinajstić information content (AvgIpc) is 2.99. The molecule has 0 radical (unpaired) electrons. The zero-order chi connectivity index (χ0) is 11.9. The molecule has 1 unspecified atom stereocenters. The molecule has 2 heterocycles. The lowest BCUT2D eigenvalue weighted by molar-refractivity contribution is 0.248. The second-order valence-electron chi connectivity index (χ2n) is 5.66. The molecule has 17 heavy (non-hydrogen) atoms. The fourth-order valence-corrected chi connectivity index (χ4v) is 3.95. The highest BCUT2D eigenvalue weighted by Crippen LogP contribution is 2.48. The molecule has 1 aromatic heterocycles. The molecule has 4 heteroatoms. The predicted octanol–water partition coefficient (Wildman–Crippen LogP) is 1.94. The first kappa shape index (κ1) is 11.6. The van der Waals surface area contributed by atoms with Gasteiger partial charge in [0.05, 0.1) is 5.69 Å². The van der Waals surface area contributed by atoms with E-state index in [1.165, 1.54) is 49.5 Å². The zero-order valence-electron chi connectivity index (χ0n) is 10.5. The van der Waals surface area contributed by atoms with Gasteiger partial charge < -0.3 is 10.6 Å². The Morgan fingerprint density at radius 3 is 3.06 bits per heavy atom. The van der Waals surface area contributed by atoms with E-state index in [0.29, 0.717) is 5.92 Å². The number of likely N-dealkylation sites (tertiary alicyclic amines) is 1. The quantitative estimate of drug-likeness (QED) is 0.892. The van der Waals surface area contributed by atoms with Gasteiger partial charge in [0.25, 0.3) is 0 Å². The summed E-state index contributed by atoms with van der Waals surface area (Å²) in [4.78, 5) is 7.30. The van der Waals surface area contributed by atoms with Crippen molar-refractivity contribution in [2.24, 2.45) is 5.73 Å². The molecule has 1 atom stereocenters. The number of aromatic nitrogens is 1. The summed E-state index contributed by atoms with van der Waals surface area (Å²) in [5.74, 6) is 0.646. The lowest BCUT2D eigenvalue weighted by Crippen LogP contribution is -2.31. The van der Waals surface area contributed by atoms with Crippen LogP contribution in [0.15, 0.2) is 5.38 Å². The Morgan fingerprint density at radius 1 is 1.59 bits per heavy atom. The molecule has 3 nitrogen and oxygen atoms in total. The van der Waals surface area contributed by atoms with Gasteiger partial charge in [-0.25, -0.2) is 4.98 Å². The summed E-state index contributed by atoms with van der Waals surface area (Å²) in [5.41, 5.74) is 7.45. The molecule has 2 N–H and O–H groups in total. The van der Waals surface area contributed by atoms with Crippen LogP contribution in [-0.2, 0) is 5.41 Å². The van der Waals surface area contributed by atoms with Crippen LogP contribution in [0.2, 0.25) is 0 Å². The SMILES string of the molecule is CN1CCCC(c2csc(C3(CN)CC3)n2)C1. The first-order valence-corrected chi connectivity index (χ1v) is 7.46. The highest BCUT2D eigenvalue weighted by molar-refractivity contribution is 7.09. The van der Waals surface area contributed by atoms with Crippen molar-refractivity contribution >= 4 is 11.3 Å². The molecule has 0 amide bonds. The summed E-state index contributed by atoms with van der Waals surface area (Å²) in [5, 5.41) is 3.57. The van der Waals surface area contributed by atoms with Crippen molar-refractivity contribution in [3.05, 3.63) is 16.1 Å². The molecule has 2 aliphatic rings. The maximum Gasteiger partial charge on any atom is 0.100 e. The second kappa shape index (κ2) is 4.34. The Bertz CT molecular complexity index is 397. The number of nitrogens with zero attached hydrogens (tertiary/aromatic N) is 2. The number of thiazole rings is 1. The molecule has 1 aromatic rings. The number of piperidine rings is 1. The average molecular weight is 251 g/mol. The van der Waals surface area contributed by atoms with Gasteiger partial charge in [0, 0.05) is 29.8 Å². The minimum absolute atomic E-state index is 0.267. The van der Waals surface area contributed by atoms with Crippen LogP contribution in [0.25, 0.3) is 0 Å². The summed E-state index contributed by atoms with van der Waals surface area (Å²) in [7, 11) is 2.21. The van der Waals surface area contributed by atoms with E-state index in [1.54, 1.807) is 0 Å². The van der Waals surface area contributed by atoms with Crippen molar-refractivity contribution in [1.29, 1.82) is 0 Å². The van der Waals surface area contributed by atoms with Crippen molar-refractivity contribution < 1.29 is 0 Å². The Balaban J connectivity index is 1.76. The Hall–Kier alpha value is -0.450. The molecule has 1 aliphatic carbocycles. The number of hydrogen-bond acceptors (Lipinski definition) is 4. The Morgan fingerprint density at radius 2 is 2.41 bits per heavy atom. The first-order valence-electron chi connectivity index (χ1n) is 6.58. The third kappa shape index (κ3) is 2.14. The minimum atomic E-state index is 0.267. The van der Waals surface area contributed by atoms with E-state index >= 15 is 0 Å². The van der Waals surface area contributed by atoms with E-state index in [2.05, 4.69) is 17.3 Å². The summed E-state index contributed by atoms with van der Waals surface area (Å²) in [6.07, 6.45) is 5.07. The van der Waals surface area contributed by atoms with E-state index in [0.717, 1.165) is 6.54 Å². The summed E-state index contributed by atoms with van der Waals surface area (Å²) >= 11 is 1.83. The van der Waals surface area contributed by atoms with Crippen LogP contribution in [0.5, 0.6) is 0 Å². The van der Waals surface area contributed by atoms with Crippen LogP contribution in [0.1, 0.15) is 42.3 Å². The maximum absolute atomic E-state index is 5.87. The van der Waals surface area contributed by atoms with Crippen molar-refractivity contribution in [1.82, 2.24) is 9.88 Å². The number of rotatable bonds is 3. The third-order valence-electron chi connectivity index (χ3n) is 4.26. The fourth-order valence-electron chi connectivity index (χ4n) is 2.78. The highest BCUT2D eigenvalue weighted by Gasteiger charge is 2.45. The molecule has 0 bridgehead atoms. The van der Waals surface area contributed by atoms with E-state index < -0.39 is 0 Å². The molecular weight excluding hydrogens is 230 g/mol. The first-order chi connectivity index (χ1) is 8.23. The number of hydrogen-bond donors (Lipinski definition) is 1. The van der Waals surface area contributed by atoms with Gasteiger partial charge in [-0.1, -0.05) is 0 Å². The van der Waals surface area contributed by atoms with Gasteiger partial charge >= 0.3 is 0 Å². The van der Waals surface area contributed by atoms with Crippen LogP contribution < -0.4 is 5.73 Å². The standard InChI is InChI=1S/C13H21N3S/c1-16-6-2-3-10(7-16)11-8-17-12(15-11)13(9-14)4-5-13/h8,10H,2-7,9,14H2,1H3. The van der Waals surface area contributed by atoms with E-state index in [1.807, 2.05) is 11.3 Å². The molecule has 1 saturated carbocycles. The normalized spacial score (nSPS) is 28.2. The number of likely N-dealkylation sites (N-methyl/N-ethyl adjacent to an activating group) is 1. The van der Waals surface area contributed by atoms with Gasteiger partial charge in [-0.05, 0) is 39.3 Å². The predicted molar refractivity (Wildman–Crippen MR) is 71.6 cm³/mol. The van der Waals surface area contributed by atoms with Gasteiger partial charge in [-0.3, -0.25) is 0 Å². The number of nitrogens with two attached hydrogens (primary N) is 1. The zero-order valence-corrected chi connectivity index (χ0v) is 11.3. The van der Waals surface area contributed by atoms with Crippen molar-refractivity contribution in [3.8, 4) is 0 Å². The van der Waals surface area contributed by atoms with Crippen LogP contribution in [-0.4, -0.2) is 36.6 Å². The summed E-state index contributed by atoms with van der Waals surface area (Å²) < 4.78 is 0. The Kier molecular flexibility index (Phi) is 2.97. The smallest absolute Gasteiger partial charge is 0.100 e. The van der Waals surface area contributed by atoms with Crippen LogP contribution in [0, 0.1) is 0 Å². The van der Waals surface area contributed by atoms with Gasteiger partial charge in [-0.15, -0.1) is 11.3 Å². The van der Waals surface area contributed by atoms with Crippen LogP contribution >= 0.6 is 11.3 Å². The lowest BCUT2D eigenvalue weighted by atomic mass is 9.96. The Labute approximate surface area is 107 Å². The van der Waals surface area contributed by atoms with Gasteiger partial charge in [-0.2, -0.15) is 0 Å². The fraction of sp³-hybridized carbons (Fsp3) is 0.769. The second-order valence-corrected chi connectivity index (χ2v) is 6.52. The molecular formula is C13H21N3S. The van der Waals surface area contributed by atoms with E-state index in [4.69, 9.17) is 10.7 Å². The van der Waals surface area contributed by atoms with Gasteiger partial charge in [0.15, 0.2) is 0 Å². The lowest BCUT2D eigenvalue weighted by Gasteiger charge is -2.28. The maximum atomic E-state index is 5.87. The molecule has 0 aromatic carbocycles. The molecule has 1 aliphatic heterocycles. The summed E-state index contributed by atoms with van der Waals surface area (Å²) in [6, 6.07) is 0. The van der Waals surface area contributed by atoms with E-state index in [9.17, 15) is 0 Å².